The van der Waals surface area contributed by atoms with Crippen molar-refractivity contribution in [3.8, 4) is 0 Å². The van der Waals surface area contributed by atoms with Crippen LogP contribution in [0.25, 0.3) is 0 Å². The lowest BCUT2D eigenvalue weighted by Gasteiger charge is -2.10. The van der Waals surface area contributed by atoms with Gasteiger partial charge < -0.3 is 4.74 Å². The topological polar surface area (TPSA) is 64.6 Å². The number of rotatable bonds is 5. The summed E-state index contributed by atoms with van der Waals surface area (Å²) in [5.74, 6) is 0. The largest absolute Gasteiger partial charge is 0.582 e. The monoisotopic (exact) mass is 289 g/mol. The van der Waals surface area contributed by atoms with Crippen molar-refractivity contribution in [2.75, 3.05) is 6.61 Å². The van der Waals surface area contributed by atoms with Gasteiger partial charge in [0.25, 0.3) is 0 Å². The van der Waals surface area contributed by atoms with E-state index in [-0.39, 0.29) is 24.9 Å². The van der Waals surface area contributed by atoms with E-state index in [1.807, 2.05) is 6.92 Å². The molecule has 5 atom stereocenters. The van der Waals surface area contributed by atoms with Gasteiger partial charge in [-0.25, -0.2) is 0 Å². The van der Waals surface area contributed by atoms with Gasteiger partial charge in [0.1, 0.15) is 37.2 Å². The fraction of sp³-hybridized carbons (Fsp3) is 1.00. The van der Waals surface area contributed by atoms with Crippen LogP contribution in [0, 0.1) is 0 Å². The Labute approximate surface area is 101 Å². The zero-order valence-electron chi connectivity index (χ0n) is 8.07. The van der Waals surface area contributed by atoms with Crippen LogP contribution in [0.15, 0.2) is 0 Å². The van der Waals surface area contributed by atoms with Crippen molar-refractivity contribution in [3.63, 3.8) is 0 Å². The standard InChI is InChI=1S/C6H11NO4P2S2/c1-4-2-5(7-12(8)14)6(11-4)3-10-13(9)15/h4-6H,2-3H2,1H3,(H-2,7,8,9,14,15)/p+2/t4-,5-,6+/m0/s1. The molecule has 1 saturated heterocycles. The Morgan fingerprint density at radius 2 is 2.20 bits per heavy atom. The zero-order valence-corrected chi connectivity index (χ0v) is 11.6. The number of thiol groups is 2. The van der Waals surface area contributed by atoms with E-state index in [0.29, 0.717) is 0 Å². The maximum absolute atomic E-state index is 10.9. The smallest absolute Gasteiger partial charge is 0.371 e. The van der Waals surface area contributed by atoms with Crippen LogP contribution in [-0.2, 0) is 18.4 Å². The summed E-state index contributed by atoms with van der Waals surface area (Å²) in [7, 11) is -3.64. The minimum absolute atomic E-state index is 0.0668. The van der Waals surface area contributed by atoms with Crippen LogP contribution in [0.4, 0.5) is 0 Å². The van der Waals surface area contributed by atoms with E-state index in [1.54, 1.807) is 0 Å². The summed E-state index contributed by atoms with van der Waals surface area (Å²) in [4.78, 5) is 0. The first-order chi connectivity index (χ1) is 6.99. The van der Waals surface area contributed by atoms with E-state index in [0.717, 1.165) is 6.42 Å². The van der Waals surface area contributed by atoms with E-state index in [4.69, 9.17) is 9.26 Å². The summed E-state index contributed by atoms with van der Waals surface area (Å²) in [6, 6.07) is -0.0793. The lowest BCUT2D eigenvalue weighted by molar-refractivity contribution is 0.0236. The van der Waals surface area contributed by atoms with E-state index in [9.17, 15) is 9.13 Å². The third-order valence-corrected chi connectivity index (χ3v) is 3.68. The van der Waals surface area contributed by atoms with E-state index in [1.165, 1.54) is 0 Å². The van der Waals surface area contributed by atoms with Gasteiger partial charge >= 0.3 is 14.4 Å². The summed E-state index contributed by atoms with van der Waals surface area (Å²) < 4.78 is 32.0. The molecule has 0 saturated carbocycles. The molecule has 86 valence electrons. The van der Waals surface area contributed by atoms with Crippen LogP contribution >= 0.6 is 38.9 Å². The van der Waals surface area contributed by atoms with Gasteiger partial charge in [0.2, 0.25) is 0 Å². The highest BCUT2D eigenvalue weighted by atomic mass is 32.7. The Kier molecular flexibility index (Phi) is 6.00. The summed E-state index contributed by atoms with van der Waals surface area (Å²) >= 11 is 7.41. The van der Waals surface area contributed by atoms with Crippen LogP contribution in [0.2, 0.25) is 0 Å². The molecule has 0 aromatic carbocycles. The minimum Gasteiger partial charge on any atom is -0.371 e. The second kappa shape index (κ2) is 6.50. The minimum atomic E-state index is -1.93. The maximum atomic E-state index is 10.9. The molecule has 1 heterocycles. The first-order valence-corrected chi connectivity index (χ1v) is 9.10. The van der Waals surface area contributed by atoms with Crippen LogP contribution in [0.3, 0.4) is 0 Å². The molecule has 5 nitrogen and oxygen atoms in total. The van der Waals surface area contributed by atoms with Gasteiger partial charge in [-0.1, -0.05) is 5.09 Å². The Hall–Kier alpha value is 0.780. The van der Waals surface area contributed by atoms with Crippen molar-refractivity contribution >= 4 is 38.9 Å². The quantitative estimate of drug-likeness (QED) is 0.535. The molecule has 0 amide bonds. The number of nitrogens with one attached hydrogen (secondary N) is 1. The molecule has 0 spiro atoms. The average Bonchev–Trinajstić information content (AvgIpc) is 2.41. The number of hydrogen-bond acceptors (Lipinski definition) is 4. The molecule has 1 fully saturated rings. The SMILES string of the molecule is C[C@H]1C[C@H](N[P+](=O)S)[C@@H](CO[P+](=O)S)O1. The Morgan fingerprint density at radius 1 is 1.53 bits per heavy atom. The van der Waals surface area contributed by atoms with Crippen molar-refractivity contribution in [2.24, 2.45) is 0 Å². The van der Waals surface area contributed by atoms with Crippen LogP contribution in [-0.4, -0.2) is 24.9 Å². The van der Waals surface area contributed by atoms with Crippen molar-refractivity contribution in [3.05, 3.63) is 0 Å². The predicted molar refractivity (Wildman–Crippen MR) is 65.0 cm³/mol. The van der Waals surface area contributed by atoms with Crippen LogP contribution < -0.4 is 5.09 Å². The van der Waals surface area contributed by atoms with Crippen molar-refractivity contribution in [1.29, 1.82) is 0 Å². The van der Waals surface area contributed by atoms with Gasteiger partial charge in [-0.2, -0.15) is 0 Å². The van der Waals surface area contributed by atoms with Gasteiger partial charge in [-0.05, 0) is 22.5 Å². The van der Waals surface area contributed by atoms with Gasteiger partial charge in [0.05, 0.1) is 12.1 Å². The lowest BCUT2D eigenvalue weighted by atomic mass is 10.1. The summed E-state index contributed by atoms with van der Waals surface area (Å²) in [6.45, 7) is 2.10. The average molecular weight is 289 g/mol. The van der Waals surface area contributed by atoms with Crippen molar-refractivity contribution in [2.45, 2.75) is 31.6 Å². The lowest BCUT2D eigenvalue weighted by Crippen LogP contribution is -2.34. The zero-order chi connectivity index (χ0) is 11.4. The van der Waals surface area contributed by atoms with Crippen molar-refractivity contribution < 1.29 is 18.4 Å². The van der Waals surface area contributed by atoms with Gasteiger partial charge in [0.15, 0.2) is 0 Å². The third-order valence-electron chi connectivity index (χ3n) is 2.07. The fourth-order valence-corrected chi connectivity index (χ4v) is 3.00. The molecular weight excluding hydrogens is 276 g/mol. The maximum Gasteiger partial charge on any atom is 0.582 e. The first kappa shape index (κ1) is 13.8. The highest BCUT2D eigenvalue weighted by molar-refractivity contribution is 8.40. The third kappa shape index (κ3) is 5.09. The first-order valence-electron chi connectivity index (χ1n) is 4.36. The Bertz CT molecular complexity index is 268. The Morgan fingerprint density at radius 3 is 2.73 bits per heavy atom. The molecule has 0 aromatic rings. The second-order valence-corrected chi connectivity index (χ2v) is 6.87. The van der Waals surface area contributed by atoms with E-state index < -0.39 is 14.4 Å². The van der Waals surface area contributed by atoms with Crippen molar-refractivity contribution in [1.82, 2.24) is 5.09 Å². The second-order valence-electron chi connectivity index (χ2n) is 3.26. The predicted octanol–water partition coefficient (Wildman–Crippen LogP) is 2.31. The molecule has 1 aliphatic heterocycles. The molecule has 1 rings (SSSR count). The highest BCUT2D eigenvalue weighted by Crippen LogP contribution is 2.32. The summed E-state index contributed by atoms with van der Waals surface area (Å²) in [6.07, 6.45) is 0.549. The van der Waals surface area contributed by atoms with Gasteiger partial charge in [-0.15, -0.1) is 4.52 Å². The van der Waals surface area contributed by atoms with Gasteiger partial charge in [0, 0.05) is 0 Å². The Balaban J connectivity index is 2.45. The molecule has 0 radical (unpaired) electrons. The van der Waals surface area contributed by atoms with E-state index in [2.05, 4.69) is 29.6 Å². The molecule has 0 aromatic heterocycles. The number of hydrogen-bond donors (Lipinski definition) is 3. The van der Waals surface area contributed by atoms with Gasteiger partial charge in [-0.3, -0.25) is 0 Å². The molecule has 15 heavy (non-hydrogen) atoms. The molecule has 9 heteroatoms. The highest BCUT2D eigenvalue weighted by Gasteiger charge is 2.38. The molecule has 1 aliphatic rings. The normalized spacial score (nSPS) is 32.9. The molecule has 2 unspecified atom stereocenters. The molecule has 1 N–H and O–H groups in total. The molecule has 0 bridgehead atoms. The number of ether oxygens (including phenoxy) is 1. The molecule has 0 aliphatic carbocycles. The summed E-state index contributed by atoms with van der Waals surface area (Å²) in [5.41, 5.74) is 0. The summed E-state index contributed by atoms with van der Waals surface area (Å²) in [5, 5.41) is 2.79. The van der Waals surface area contributed by atoms with Crippen LogP contribution in [0.5, 0.6) is 0 Å². The van der Waals surface area contributed by atoms with E-state index >= 15 is 0 Å². The molecular formula is C6H13NO4P2S2+2. The van der Waals surface area contributed by atoms with Crippen LogP contribution in [0.1, 0.15) is 13.3 Å². The fourth-order valence-electron chi connectivity index (χ4n) is 1.53.